The average molecular weight is 378 g/mol. The molecule has 4 nitrogen and oxygen atoms in total. The Hall–Kier alpha value is -1.51. The molecule has 23 heavy (non-hydrogen) atoms. The van der Waals surface area contributed by atoms with Crippen molar-refractivity contribution in [2.45, 2.75) is 25.2 Å². The van der Waals surface area contributed by atoms with Gasteiger partial charge in [0.2, 0.25) is 0 Å². The lowest BCUT2D eigenvalue weighted by atomic mass is 9.74. The predicted octanol–water partition coefficient (Wildman–Crippen LogP) is 2.69. The van der Waals surface area contributed by atoms with Crippen LogP contribution in [0.15, 0.2) is 33.7 Å². The zero-order valence-electron chi connectivity index (χ0n) is 13.6. The second-order valence-corrected chi connectivity index (χ2v) is 6.57. The molecule has 0 amide bonds. The zero-order valence-corrected chi connectivity index (χ0v) is 15.2. The van der Waals surface area contributed by atoms with Crippen LogP contribution in [-0.4, -0.2) is 38.8 Å². The van der Waals surface area contributed by atoms with E-state index in [1.807, 2.05) is 6.92 Å². The minimum atomic E-state index is 0.0252. The number of hydrogen-bond donors (Lipinski definition) is 2. The van der Waals surface area contributed by atoms with Gasteiger partial charge in [-0.15, -0.1) is 6.42 Å². The molecule has 5 heteroatoms. The van der Waals surface area contributed by atoms with Gasteiger partial charge in [0.05, 0.1) is 13.1 Å². The van der Waals surface area contributed by atoms with Crippen LogP contribution < -0.4 is 10.6 Å². The van der Waals surface area contributed by atoms with Crippen molar-refractivity contribution in [1.82, 2.24) is 10.6 Å². The molecule has 1 aromatic rings. The lowest BCUT2D eigenvalue weighted by Gasteiger charge is -2.36. The van der Waals surface area contributed by atoms with E-state index in [0.717, 1.165) is 49.6 Å². The van der Waals surface area contributed by atoms with E-state index >= 15 is 0 Å². The number of hydrogen-bond acceptors (Lipinski definition) is 2. The van der Waals surface area contributed by atoms with Crippen LogP contribution >= 0.6 is 15.9 Å². The van der Waals surface area contributed by atoms with E-state index in [-0.39, 0.29) is 5.41 Å². The Morgan fingerprint density at radius 3 is 2.61 bits per heavy atom. The minimum Gasteiger partial charge on any atom is -0.381 e. The highest BCUT2D eigenvalue weighted by Crippen LogP contribution is 2.35. The fourth-order valence-electron chi connectivity index (χ4n) is 2.81. The van der Waals surface area contributed by atoms with Crippen molar-refractivity contribution in [1.29, 1.82) is 0 Å². The van der Waals surface area contributed by atoms with E-state index in [9.17, 15) is 0 Å². The maximum Gasteiger partial charge on any atom is 0.192 e. The third-order valence-corrected chi connectivity index (χ3v) is 4.68. The first-order valence-electron chi connectivity index (χ1n) is 7.99. The molecule has 0 bridgehead atoms. The standard InChI is InChI=1S/C18H24BrN3O/c1-3-11-21-17(20-4-2)22-14-18(9-12-23-13-10-18)15-5-7-16(19)8-6-15/h1,5-8H,4,9-14H2,2H3,(H2,20,21,22). The van der Waals surface area contributed by atoms with Crippen LogP contribution in [-0.2, 0) is 10.2 Å². The van der Waals surface area contributed by atoms with Crippen LogP contribution in [0.4, 0.5) is 0 Å². The van der Waals surface area contributed by atoms with Crippen molar-refractivity contribution in [2.75, 3.05) is 32.8 Å². The van der Waals surface area contributed by atoms with Crippen LogP contribution in [0, 0.1) is 12.3 Å². The monoisotopic (exact) mass is 377 g/mol. The molecule has 0 saturated carbocycles. The highest BCUT2D eigenvalue weighted by Gasteiger charge is 2.34. The van der Waals surface area contributed by atoms with Gasteiger partial charge in [0.25, 0.3) is 0 Å². The lowest BCUT2D eigenvalue weighted by Crippen LogP contribution is -2.41. The van der Waals surface area contributed by atoms with Crippen LogP contribution in [0.5, 0.6) is 0 Å². The van der Waals surface area contributed by atoms with E-state index in [1.54, 1.807) is 0 Å². The summed E-state index contributed by atoms with van der Waals surface area (Å²) in [5.41, 5.74) is 1.35. The Bertz CT molecular complexity index is 557. The normalized spacial score (nSPS) is 17.3. The summed E-state index contributed by atoms with van der Waals surface area (Å²) in [4.78, 5) is 4.78. The summed E-state index contributed by atoms with van der Waals surface area (Å²) in [6.45, 7) is 5.61. The fraction of sp³-hybridized carbons (Fsp3) is 0.500. The largest absolute Gasteiger partial charge is 0.381 e. The van der Waals surface area contributed by atoms with E-state index < -0.39 is 0 Å². The quantitative estimate of drug-likeness (QED) is 0.471. The van der Waals surface area contributed by atoms with Gasteiger partial charge in [-0.25, -0.2) is 0 Å². The predicted molar refractivity (Wildman–Crippen MR) is 98.7 cm³/mol. The Labute approximate surface area is 147 Å². The highest BCUT2D eigenvalue weighted by molar-refractivity contribution is 9.10. The van der Waals surface area contributed by atoms with Crippen molar-refractivity contribution in [3.05, 3.63) is 34.3 Å². The molecule has 0 aromatic heterocycles. The molecule has 0 aliphatic carbocycles. The van der Waals surface area contributed by atoms with Crippen LogP contribution in [0.3, 0.4) is 0 Å². The van der Waals surface area contributed by atoms with E-state index in [1.165, 1.54) is 5.56 Å². The molecule has 1 saturated heterocycles. The van der Waals surface area contributed by atoms with E-state index in [2.05, 4.69) is 56.7 Å². The summed E-state index contributed by atoms with van der Waals surface area (Å²) in [6.07, 6.45) is 7.28. The van der Waals surface area contributed by atoms with Crippen molar-refractivity contribution in [3.63, 3.8) is 0 Å². The SMILES string of the molecule is C#CCNC(=NCC1(c2ccc(Br)cc2)CCOCC1)NCC. The van der Waals surface area contributed by atoms with Gasteiger partial charge in [-0.3, -0.25) is 4.99 Å². The number of rotatable bonds is 5. The Morgan fingerprint density at radius 1 is 1.30 bits per heavy atom. The molecule has 0 atom stereocenters. The first kappa shape index (κ1) is 17.8. The zero-order chi connectivity index (χ0) is 16.5. The van der Waals surface area contributed by atoms with Crippen LogP contribution in [0.1, 0.15) is 25.3 Å². The second-order valence-electron chi connectivity index (χ2n) is 5.65. The van der Waals surface area contributed by atoms with Gasteiger partial charge in [-0.2, -0.15) is 0 Å². The number of halogens is 1. The molecule has 2 N–H and O–H groups in total. The third kappa shape index (κ3) is 4.98. The first-order chi connectivity index (χ1) is 11.2. The van der Waals surface area contributed by atoms with Crippen LogP contribution in [0.25, 0.3) is 0 Å². The molecule has 0 spiro atoms. The maximum absolute atomic E-state index is 5.57. The minimum absolute atomic E-state index is 0.0252. The smallest absolute Gasteiger partial charge is 0.192 e. The third-order valence-electron chi connectivity index (χ3n) is 4.15. The number of benzene rings is 1. The number of aliphatic imine (C=N–C) groups is 1. The molecule has 0 unspecified atom stereocenters. The summed E-state index contributed by atoms with van der Waals surface area (Å²) >= 11 is 3.51. The lowest BCUT2D eigenvalue weighted by molar-refractivity contribution is 0.0531. The first-order valence-corrected chi connectivity index (χ1v) is 8.79. The average Bonchev–Trinajstić information content (AvgIpc) is 2.59. The van der Waals surface area contributed by atoms with Crippen molar-refractivity contribution >= 4 is 21.9 Å². The van der Waals surface area contributed by atoms with Crippen molar-refractivity contribution < 1.29 is 4.74 Å². The molecule has 2 rings (SSSR count). The van der Waals surface area contributed by atoms with E-state index in [4.69, 9.17) is 16.2 Å². The molecule has 1 fully saturated rings. The second kappa shape index (κ2) is 8.95. The van der Waals surface area contributed by atoms with Crippen molar-refractivity contribution in [2.24, 2.45) is 4.99 Å². The number of guanidine groups is 1. The van der Waals surface area contributed by atoms with Gasteiger partial charge in [0.15, 0.2) is 5.96 Å². The summed E-state index contributed by atoms with van der Waals surface area (Å²) in [6, 6.07) is 8.57. The summed E-state index contributed by atoms with van der Waals surface area (Å²) < 4.78 is 6.67. The highest BCUT2D eigenvalue weighted by atomic mass is 79.9. The fourth-order valence-corrected chi connectivity index (χ4v) is 3.07. The topological polar surface area (TPSA) is 45.7 Å². The molecule has 1 aliphatic rings. The Morgan fingerprint density at radius 2 is 2.00 bits per heavy atom. The maximum atomic E-state index is 5.57. The van der Waals surface area contributed by atoms with Gasteiger partial charge >= 0.3 is 0 Å². The van der Waals surface area contributed by atoms with Gasteiger partial charge in [-0.05, 0) is 37.5 Å². The van der Waals surface area contributed by atoms with Gasteiger partial charge in [0, 0.05) is 29.6 Å². The Balaban J connectivity index is 2.20. The molecule has 124 valence electrons. The molecule has 1 aliphatic heterocycles. The van der Waals surface area contributed by atoms with Gasteiger partial charge in [0.1, 0.15) is 0 Å². The van der Waals surface area contributed by atoms with E-state index in [0.29, 0.717) is 6.54 Å². The number of nitrogens with one attached hydrogen (secondary N) is 2. The van der Waals surface area contributed by atoms with Crippen LogP contribution in [0.2, 0.25) is 0 Å². The van der Waals surface area contributed by atoms with Gasteiger partial charge in [-0.1, -0.05) is 34.0 Å². The Kier molecular flexibility index (Phi) is 6.94. The van der Waals surface area contributed by atoms with Gasteiger partial charge < -0.3 is 15.4 Å². The number of ether oxygens (including phenoxy) is 1. The molecular formula is C18H24BrN3O. The number of terminal acetylenes is 1. The summed E-state index contributed by atoms with van der Waals surface area (Å²) in [5, 5.41) is 6.39. The molecule has 1 aromatic carbocycles. The number of nitrogens with zero attached hydrogens (tertiary/aromatic N) is 1. The molecule has 1 heterocycles. The summed E-state index contributed by atoms with van der Waals surface area (Å²) in [7, 11) is 0. The molecular weight excluding hydrogens is 354 g/mol. The summed E-state index contributed by atoms with van der Waals surface area (Å²) in [5.74, 6) is 3.36. The van der Waals surface area contributed by atoms with Crippen molar-refractivity contribution in [3.8, 4) is 12.3 Å². The molecule has 0 radical (unpaired) electrons.